The van der Waals surface area contributed by atoms with Gasteiger partial charge in [0.2, 0.25) is 5.91 Å². The van der Waals surface area contributed by atoms with Crippen LogP contribution in [0.2, 0.25) is 0 Å². The van der Waals surface area contributed by atoms with Crippen LogP contribution < -0.4 is 0 Å². The van der Waals surface area contributed by atoms with Gasteiger partial charge in [-0.1, -0.05) is 19.1 Å². The maximum absolute atomic E-state index is 12.0. The number of carbonyl (C=O) groups is 2. The number of amides is 1. The van der Waals surface area contributed by atoms with E-state index in [1.807, 2.05) is 6.92 Å². The number of ether oxygens (including phenoxy) is 1. The van der Waals surface area contributed by atoms with Crippen LogP contribution >= 0.6 is 0 Å². The van der Waals surface area contributed by atoms with Gasteiger partial charge in [0, 0.05) is 19.5 Å². The van der Waals surface area contributed by atoms with E-state index in [1.54, 1.807) is 4.90 Å². The molecule has 1 fully saturated rings. The van der Waals surface area contributed by atoms with Gasteiger partial charge in [0.05, 0.1) is 12.5 Å². The van der Waals surface area contributed by atoms with Crippen LogP contribution in [0.3, 0.4) is 0 Å². The summed E-state index contributed by atoms with van der Waals surface area (Å²) in [5.74, 6) is 0.592. The number of nitrogens with zero attached hydrogens (tertiary/aromatic N) is 1. The van der Waals surface area contributed by atoms with Crippen LogP contribution in [-0.4, -0.2) is 36.5 Å². The fourth-order valence-electron chi connectivity index (χ4n) is 2.78. The summed E-state index contributed by atoms with van der Waals surface area (Å²) in [7, 11) is 0. The fraction of sp³-hybridized carbons (Fsp3) is 0.733. The predicted octanol–water partition coefficient (Wildman–Crippen LogP) is 2.00. The third-order valence-electron chi connectivity index (χ3n) is 4.29. The average Bonchev–Trinajstić information content (AvgIpc) is 2.79. The van der Waals surface area contributed by atoms with Crippen molar-refractivity contribution in [1.82, 2.24) is 4.90 Å². The van der Waals surface area contributed by atoms with Gasteiger partial charge >= 0.3 is 5.97 Å². The van der Waals surface area contributed by atoms with Gasteiger partial charge < -0.3 is 9.64 Å². The van der Waals surface area contributed by atoms with Crippen molar-refractivity contribution in [2.24, 2.45) is 17.8 Å². The molecule has 3 atom stereocenters. The van der Waals surface area contributed by atoms with E-state index in [4.69, 9.17) is 4.74 Å². The molecule has 19 heavy (non-hydrogen) atoms. The summed E-state index contributed by atoms with van der Waals surface area (Å²) < 4.78 is 5.43. The highest BCUT2D eigenvalue weighted by molar-refractivity contribution is 5.86. The molecule has 1 amide bonds. The van der Waals surface area contributed by atoms with E-state index in [9.17, 15) is 9.59 Å². The van der Waals surface area contributed by atoms with E-state index in [0.29, 0.717) is 38.0 Å². The Morgan fingerprint density at radius 3 is 2.79 bits per heavy atom. The van der Waals surface area contributed by atoms with Gasteiger partial charge in [0.15, 0.2) is 0 Å². The molecule has 0 radical (unpaired) electrons. The van der Waals surface area contributed by atoms with Crippen LogP contribution in [0, 0.1) is 17.8 Å². The summed E-state index contributed by atoms with van der Waals surface area (Å²) in [6.45, 7) is 5.81. The van der Waals surface area contributed by atoms with Crippen LogP contribution in [0.4, 0.5) is 0 Å². The molecule has 0 aromatic rings. The minimum Gasteiger partial charge on any atom is -0.465 e. The first-order valence-electron chi connectivity index (χ1n) is 7.21. The molecule has 1 aliphatic carbocycles. The third-order valence-corrected chi connectivity index (χ3v) is 4.29. The maximum atomic E-state index is 12.0. The normalized spacial score (nSPS) is 30.7. The van der Waals surface area contributed by atoms with Gasteiger partial charge in [-0.2, -0.15) is 0 Å². The zero-order valence-corrected chi connectivity index (χ0v) is 11.8. The number of rotatable bonds is 4. The van der Waals surface area contributed by atoms with Crippen molar-refractivity contribution in [3.8, 4) is 0 Å². The van der Waals surface area contributed by atoms with E-state index in [1.165, 1.54) is 0 Å². The Bertz CT molecular complexity index is 378. The van der Waals surface area contributed by atoms with Gasteiger partial charge in [0.25, 0.3) is 0 Å². The first-order valence-corrected chi connectivity index (χ1v) is 7.21. The molecule has 4 heteroatoms. The lowest BCUT2D eigenvalue weighted by Gasteiger charge is -2.25. The third kappa shape index (κ3) is 3.37. The Labute approximate surface area is 114 Å². The van der Waals surface area contributed by atoms with Crippen molar-refractivity contribution in [1.29, 1.82) is 0 Å². The summed E-state index contributed by atoms with van der Waals surface area (Å²) >= 11 is 0. The van der Waals surface area contributed by atoms with Gasteiger partial charge in [-0.05, 0) is 31.6 Å². The number of esters is 1. The summed E-state index contributed by atoms with van der Waals surface area (Å²) in [4.78, 5) is 25.3. The summed E-state index contributed by atoms with van der Waals surface area (Å²) in [6.07, 6.45) is 6.72. The molecular weight excluding hydrogens is 242 g/mol. The van der Waals surface area contributed by atoms with E-state index in [-0.39, 0.29) is 17.8 Å². The standard InChI is InChI=1S/C15H23NO3/c1-3-16-9-13(8-14(16)17)15(18)19-10-12-7-5-4-6-11(12)2/h4-5,11-13H,3,6-10H2,1-2H3. The zero-order chi connectivity index (χ0) is 13.8. The van der Waals surface area contributed by atoms with Crippen molar-refractivity contribution < 1.29 is 14.3 Å². The predicted molar refractivity (Wildman–Crippen MR) is 72.3 cm³/mol. The Balaban J connectivity index is 1.79. The summed E-state index contributed by atoms with van der Waals surface area (Å²) in [6, 6.07) is 0. The molecule has 2 rings (SSSR count). The second-order valence-corrected chi connectivity index (χ2v) is 5.64. The van der Waals surface area contributed by atoms with Crippen LogP contribution in [0.5, 0.6) is 0 Å². The SMILES string of the molecule is CCN1CC(C(=O)OCC2CC=CCC2C)CC1=O. The van der Waals surface area contributed by atoms with Gasteiger partial charge in [-0.3, -0.25) is 9.59 Å². The highest BCUT2D eigenvalue weighted by atomic mass is 16.5. The molecule has 2 aliphatic rings. The van der Waals surface area contributed by atoms with Crippen molar-refractivity contribution in [2.45, 2.75) is 33.1 Å². The molecule has 0 N–H and O–H groups in total. The van der Waals surface area contributed by atoms with Crippen LogP contribution in [0.25, 0.3) is 0 Å². The molecule has 0 saturated carbocycles. The smallest absolute Gasteiger partial charge is 0.311 e. The molecule has 0 aromatic carbocycles. The molecule has 3 unspecified atom stereocenters. The Hall–Kier alpha value is -1.32. The van der Waals surface area contributed by atoms with E-state index in [2.05, 4.69) is 19.1 Å². The highest BCUT2D eigenvalue weighted by Crippen LogP contribution is 2.26. The number of carbonyl (C=O) groups excluding carboxylic acids is 2. The van der Waals surface area contributed by atoms with E-state index >= 15 is 0 Å². The quantitative estimate of drug-likeness (QED) is 0.577. The van der Waals surface area contributed by atoms with E-state index < -0.39 is 0 Å². The molecule has 1 aliphatic heterocycles. The van der Waals surface area contributed by atoms with Gasteiger partial charge in [-0.25, -0.2) is 0 Å². The number of allylic oxidation sites excluding steroid dienone is 2. The zero-order valence-electron chi connectivity index (χ0n) is 11.8. The first kappa shape index (κ1) is 14.1. The molecule has 4 nitrogen and oxygen atoms in total. The fourth-order valence-corrected chi connectivity index (χ4v) is 2.78. The lowest BCUT2D eigenvalue weighted by atomic mass is 9.85. The van der Waals surface area contributed by atoms with Crippen LogP contribution in [-0.2, 0) is 14.3 Å². The molecule has 0 spiro atoms. The summed E-state index contributed by atoms with van der Waals surface area (Å²) in [5, 5.41) is 0. The Kier molecular flexibility index (Phi) is 4.61. The number of hydrogen-bond donors (Lipinski definition) is 0. The van der Waals surface area contributed by atoms with Gasteiger partial charge in [-0.15, -0.1) is 0 Å². The minimum absolute atomic E-state index is 0.0680. The number of hydrogen-bond acceptors (Lipinski definition) is 3. The Morgan fingerprint density at radius 1 is 1.42 bits per heavy atom. The first-order chi connectivity index (χ1) is 9.11. The molecule has 0 aromatic heterocycles. The minimum atomic E-state index is -0.262. The highest BCUT2D eigenvalue weighted by Gasteiger charge is 2.34. The lowest BCUT2D eigenvalue weighted by Crippen LogP contribution is -2.28. The number of likely N-dealkylation sites (tertiary alicyclic amines) is 1. The molecule has 1 saturated heterocycles. The molecule has 1 heterocycles. The van der Waals surface area contributed by atoms with Gasteiger partial charge in [0.1, 0.15) is 0 Å². The monoisotopic (exact) mass is 265 g/mol. The average molecular weight is 265 g/mol. The van der Waals surface area contributed by atoms with Crippen molar-refractivity contribution in [3.05, 3.63) is 12.2 Å². The van der Waals surface area contributed by atoms with E-state index in [0.717, 1.165) is 12.8 Å². The second kappa shape index (κ2) is 6.22. The lowest BCUT2D eigenvalue weighted by molar-refractivity contribution is -0.150. The summed E-state index contributed by atoms with van der Waals surface area (Å²) in [5.41, 5.74) is 0. The largest absolute Gasteiger partial charge is 0.465 e. The molecule has 0 bridgehead atoms. The van der Waals surface area contributed by atoms with Crippen molar-refractivity contribution in [3.63, 3.8) is 0 Å². The topological polar surface area (TPSA) is 46.6 Å². The maximum Gasteiger partial charge on any atom is 0.311 e. The van der Waals surface area contributed by atoms with Crippen molar-refractivity contribution >= 4 is 11.9 Å². The van der Waals surface area contributed by atoms with Crippen molar-refractivity contribution in [2.75, 3.05) is 19.7 Å². The Morgan fingerprint density at radius 2 is 2.16 bits per heavy atom. The molecule has 106 valence electrons. The second-order valence-electron chi connectivity index (χ2n) is 5.64. The van der Waals surface area contributed by atoms with Crippen LogP contribution in [0.1, 0.15) is 33.1 Å². The van der Waals surface area contributed by atoms with Crippen LogP contribution in [0.15, 0.2) is 12.2 Å². The molecular formula is C15H23NO3.